The summed E-state index contributed by atoms with van der Waals surface area (Å²) in [5.41, 5.74) is 5.40. The van der Waals surface area contributed by atoms with E-state index in [1.165, 1.54) is 19.3 Å². The molecule has 3 heteroatoms. The molecule has 1 unspecified atom stereocenters. The summed E-state index contributed by atoms with van der Waals surface area (Å²) in [6.45, 7) is 6.75. The van der Waals surface area contributed by atoms with Crippen molar-refractivity contribution in [2.45, 2.75) is 65.3 Å². The summed E-state index contributed by atoms with van der Waals surface area (Å²) in [7, 11) is 1.96. The maximum atomic E-state index is 12.5. The Morgan fingerprint density at radius 1 is 1.28 bits per heavy atom. The van der Waals surface area contributed by atoms with Gasteiger partial charge in [-0.15, -0.1) is 0 Å². The Bertz CT molecular complexity index is 266. The first kappa shape index (κ1) is 15.5. The van der Waals surface area contributed by atoms with Gasteiger partial charge >= 0.3 is 0 Å². The van der Waals surface area contributed by atoms with E-state index in [9.17, 15) is 4.79 Å². The molecule has 0 aromatic heterocycles. The quantitative estimate of drug-likeness (QED) is 0.820. The van der Waals surface area contributed by atoms with Crippen molar-refractivity contribution in [3.05, 3.63) is 0 Å². The van der Waals surface area contributed by atoms with Gasteiger partial charge in [0.15, 0.2) is 0 Å². The first-order valence-corrected chi connectivity index (χ1v) is 7.45. The number of hydrogen-bond donors (Lipinski definition) is 1. The zero-order valence-corrected chi connectivity index (χ0v) is 12.5. The molecule has 0 bridgehead atoms. The number of amides is 1. The number of carbonyl (C=O) groups excluding carboxylic acids is 1. The third-order valence-electron chi connectivity index (χ3n) is 5.01. The fourth-order valence-corrected chi connectivity index (χ4v) is 2.91. The molecule has 0 aromatic rings. The molecule has 1 atom stereocenters. The van der Waals surface area contributed by atoms with Crippen LogP contribution in [0.5, 0.6) is 0 Å². The van der Waals surface area contributed by atoms with Gasteiger partial charge in [-0.1, -0.05) is 20.3 Å². The van der Waals surface area contributed by atoms with Gasteiger partial charge in [0.25, 0.3) is 0 Å². The van der Waals surface area contributed by atoms with Gasteiger partial charge in [-0.05, 0) is 44.9 Å². The summed E-state index contributed by atoms with van der Waals surface area (Å²) in [6.07, 6.45) is 6.95. The summed E-state index contributed by atoms with van der Waals surface area (Å²) < 4.78 is 0. The Labute approximate surface area is 112 Å². The maximum absolute atomic E-state index is 12.5. The maximum Gasteiger partial charge on any atom is 0.229 e. The van der Waals surface area contributed by atoms with Crippen LogP contribution in [0.4, 0.5) is 0 Å². The van der Waals surface area contributed by atoms with Crippen molar-refractivity contribution in [1.29, 1.82) is 0 Å². The highest BCUT2D eigenvalue weighted by Gasteiger charge is 2.35. The van der Waals surface area contributed by atoms with Crippen LogP contribution in [0.15, 0.2) is 0 Å². The van der Waals surface area contributed by atoms with E-state index in [2.05, 4.69) is 6.92 Å². The number of nitrogens with zero attached hydrogens (tertiary/aromatic N) is 1. The molecule has 0 heterocycles. The molecular weight excluding hydrogens is 224 g/mol. The molecule has 1 fully saturated rings. The first-order valence-electron chi connectivity index (χ1n) is 7.45. The highest BCUT2D eigenvalue weighted by molar-refractivity contribution is 5.82. The third kappa shape index (κ3) is 3.25. The van der Waals surface area contributed by atoms with Crippen molar-refractivity contribution in [2.75, 3.05) is 13.6 Å². The molecule has 3 nitrogen and oxygen atoms in total. The summed E-state index contributed by atoms with van der Waals surface area (Å²) in [4.78, 5) is 14.5. The molecule has 1 rings (SSSR count). The highest BCUT2D eigenvalue weighted by Crippen LogP contribution is 2.31. The monoisotopic (exact) mass is 254 g/mol. The van der Waals surface area contributed by atoms with Gasteiger partial charge < -0.3 is 10.6 Å². The van der Waals surface area contributed by atoms with Crippen molar-refractivity contribution in [1.82, 2.24) is 4.90 Å². The lowest BCUT2D eigenvalue weighted by atomic mass is 9.81. The highest BCUT2D eigenvalue weighted by atomic mass is 16.2. The molecule has 0 saturated heterocycles. The van der Waals surface area contributed by atoms with E-state index in [1.54, 1.807) is 0 Å². The van der Waals surface area contributed by atoms with Crippen LogP contribution in [0.25, 0.3) is 0 Å². The average Bonchev–Trinajstić information content (AvgIpc) is 2.44. The molecule has 0 aromatic carbocycles. The van der Waals surface area contributed by atoms with E-state index < -0.39 is 0 Å². The van der Waals surface area contributed by atoms with Gasteiger partial charge in [-0.25, -0.2) is 0 Å². The second kappa shape index (κ2) is 6.55. The van der Waals surface area contributed by atoms with Crippen molar-refractivity contribution in [2.24, 2.45) is 17.1 Å². The summed E-state index contributed by atoms with van der Waals surface area (Å²) in [5, 5.41) is 0. The van der Waals surface area contributed by atoms with E-state index in [-0.39, 0.29) is 11.3 Å². The van der Waals surface area contributed by atoms with Crippen LogP contribution >= 0.6 is 0 Å². The predicted molar refractivity (Wildman–Crippen MR) is 76.3 cm³/mol. The molecule has 1 aliphatic rings. The first-order chi connectivity index (χ1) is 8.48. The molecule has 1 aliphatic carbocycles. The zero-order valence-electron chi connectivity index (χ0n) is 12.5. The van der Waals surface area contributed by atoms with Crippen LogP contribution in [0.1, 0.15) is 59.3 Å². The largest absolute Gasteiger partial charge is 0.342 e. The average molecular weight is 254 g/mol. The Morgan fingerprint density at radius 3 is 2.22 bits per heavy atom. The molecule has 106 valence electrons. The molecule has 1 amide bonds. The summed E-state index contributed by atoms with van der Waals surface area (Å²) in [5.74, 6) is 1.10. The number of carbonyl (C=O) groups is 1. The Balaban J connectivity index is 2.59. The van der Waals surface area contributed by atoms with Crippen LogP contribution < -0.4 is 5.73 Å². The molecule has 18 heavy (non-hydrogen) atoms. The summed E-state index contributed by atoms with van der Waals surface area (Å²) >= 11 is 0. The molecule has 0 spiro atoms. The van der Waals surface area contributed by atoms with E-state index >= 15 is 0 Å². The minimum Gasteiger partial charge on any atom is -0.342 e. The lowest BCUT2D eigenvalue weighted by Gasteiger charge is -2.39. The summed E-state index contributed by atoms with van der Waals surface area (Å²) in [6, 6.07) is 0.428. The second-order valence-electron chi connectivity index (χ2n) is 6.12. The fourth-order valence-electron chi connectivity index (χ4n) is 2.91. The van der Waals surface area contributed by atoms with Crippen LogP contribution in [0, 0.1) is 11.3 Å². The number of nitrogens with two attached hydrogens (primary N) is 1. The Hall–Kier alpha value is -0.570. The predicted octanol–water partition coefficient (Wildman–Crippen LogP) is 2.79. The van der Waals surface area contributed by atoms with Gasteiger partial charge in [-0.3, -0.25) is 4.79 Å². The molecule has 0 aliphatic heterocycles. The van der Waals surface area contributed by atoms with Crippen molar-refractivity contribution in [3.8, 4) is 0 Å². The van der Waals surface area contributed by atoms with Crippen LogP contribution in [-0.2, 0) is 4.79 Å². The SMILES string of the molecule is CCC1CCC(N(C)C(=O)C(C)(CC)CN)CC1. The van der Waals surface area contributed by atoms with Gasteiger partial charge in [0, 0.05) is 19.6 Å². The van der Waals surface area contributed by atoms with Gasteiger partial charge in [0.05, 0.1) is 5.41 Å². The zero-order chi connectivity index (χ0) is 13.8. The number of rotatable bonds is 5. The van der Waals surface area contributed by atoms with Crippen molar-refractivity contribution in [3.63, 3.8) is 0 Å². The lowest BCUT2D eigenvalue weighted by Crippen LogP contribution is -2.49. The van der Waals surface area contributed by atoms with Gasteiger partial charge in [0.1, 0.15) is 0 Å². The standard InChI is InChI=1S/C15H30N2O/c1-5-12-7-9-13(10-8-12)17(4)14(18)15(3,6-2)11-16/h12-13H,5-11,16H2,1-4H3. The van der Waals surface area contributed by atoms with Crippen LogP contribution in [0.3, 0.4) is 0 Å². The van der Waals surface area contributed by atoms with E-state index in [4.69, 9.17) is 5.73 Å². The third-order valence-corrected chi connectivity index (χ3v) is 5.01. The van der Waals surface area contributed by atoms with E-state index in [0.29, 0.717) is 12.6 Å². The lowest BCUT2D eigenvalue weighted by molar-refractivity contribution is -0.142. The number of hydrogen-bond acceptors (Lipinski definition) is 2. The topological polar surface area (TPSA) is 46.3 Å². The Morgan fingerprint density at radius 2 is 1.83 bits per heavy atom. The van der Waals surface area contributed by atoms with E-state index in [1.807, 2.05) is 25.8 Å². The smallest absolute Gasteiger partial charge is 0.229 e. The van der Waals surface area contributed by atoms with Crippen LogP contribution in [0.2, 0.25) is 0 Å². The molecule has 0 radical (unpaired) electrons. The second-order valence-corrected chi connectivity index (χ2v) is 6.12. The minimum atomic E-state index is -0.379. The normalized spacial score (nSPS) is 27.6. The van der Waals surface area contributed by atoms with E-state index in [0.717, 1.165) is 25.2 Å². The van der Waals surface area contributed by atoms with Crippen molar-refractivity contribution < 1.29 is 4.79 Å². The van der Waals surface area contributed by atoms with Crippen molar-refractivity contribution >= 4 is 5.91 Å². The Kier molecular flexibility index (Phi) is 5.64. The fraction of sp³-hybridized carbons (Fsp3) is 0.933. The minimum absolute atomic E-state index is 0.229. The van der Waals surface area contributed by atoms with Crippen LogP contribution in [-0.4, -0.2) is 30.4 Å². The molecule has 1 saturated carbocycles. The van der Waals surface area contributed by atoms with Gasteiger partial charge in [0.2, 0.25) is 5.91 Å². The molecule has 2 N–H and O–H groups in total. The molecular formula is C15H30N2O. The van der Waals surface area contributed by atoms with Gasteiger partial charge in [-0.2, -0.15) is 0 Å².